The lowest BCUT2D eigenvalue weighted by atomic mass is 9.96. The second kappa shape index (κ2) is 16.4. The van der Waals surface area contributed by atoms with Crippen molar-refractivity contribution in [2.45, 2.75) is 51.8 Å². The van der Waals surface area contributed by atoms with Gasteiger partial charge in [0.1, 0.15) is 28.8 Å². The van der Waals surface area contributed by atoms with Crippen molar-refractivity contribution in [2.24, 2.45) is 0 Å². The van der Waals surface area contributed by atoms with E-state index in [4.69, 9.17) is 14.7 Å². The normalized spacial score (nSPS) is 14.0. The Morgan fingerprint density at radius 2 is 1.89 bits per heavy atom. The number of hydrogen-bond acceptors (Lipinski definition) is 12. The molecule has 0 saturated heterocycles. The zero-order chi connectivity index (χ0) is 32.3. The summed E-state index contributed by atoms with van der Waals surface area (Å²) in [7, 11) is -2.41. The van der Waals surface area contributed by atoms with Gasteiger partial charge in [0.25, 0.3) is 5.91 Å². The Morgan fingerprint density at radius 1 is 1.13 bits per heavy atom. The van der Waals surface area contributed by atoms with E-state index in [0.717, 1.165) is 44.2 Å². The van der Waals surface area contributed by atoms with Crippen LogP contribution in [0.25, 0.3) is 22.0 Å². The molecule has 4 heterocycles. The van der Waals surface area contributed by atoms with Crippen LogP contribution in [0.1, 0.15) is 55.6 Å². The van der Waals surface area contributed by atoms with Crippen LogP contribution in [0.2, 0.25) is 0 Å². The van der Waals surface area contributed by atoms with Crippen LogP contribution in [0.4, 0.5) is 19.3 Å². The number of aromatic nitrogens is 6. The SMILES string of the molecule is CCO.O=C(O)OCOP(O)OCn1cc(-c2nc(C(=O)Nc3cn(C4CCCCC4)nc3-c3nc(F)ccc3F)cs2)cn1. The number of aliphatic hydroxyl groups is 1. The van der Waals surface area contributed by atoms with E-state index >= 15 is 0 Å². The number of nitrogens with zero attached hydrogens (tertiary/aromatic N) is 6. The van der Waals surface area contributed by atoms with Crippen molar-refractivity contribution < 1.29 is 47.3 Å². The lowest BCUT2D eigenvalue weighted by Gasteiger charge is -2.21. The summed E-state index contributed by atoms with van der Waals surface area (Å²) in [5.74, 6) is -2.23. The molecule has 1 amide bonds. The molecule has 0 spiro atoms. The number of nitrogens with one attached hydrogen (secondary N) is 1. The number of hydrogen-bond donors (Lipinski definition) is 4. The molecule has 19 heteroatoms. The van der Waals surface area contributed by atoms with Gasteiger partial charge < -0.3 is 25.2 Å². The Morgan fingerprint density at radius 3 is 2.62 bits per heavy atom. The number of rotatable bonds is 11. The third-order valence-corrected chi connectivity index (χ3v) is 7.78. The van der Waals surface area contributed by atoms with Crippen LogP contribution in [0.3, 0.4) is 0 Å². The van der Waals surface area contributed by atoms with Crippen LogP contribution in [0.5, 0.6) is 0 Å². The molecule has 4 aromatic rings. The molecular formula is C26H30F2N7O8PS. The van der Waals surface area contributed by atoms with Gasteiger partial charge in [-0.1, -0.05) is 19.3 Å². The second-order valence-corrected chi connectivity index (χ2v) is 11.2. The first-order valence-corrected chi connectivity index (χ1v) is 15.6. The molecule has 1 aliphatic carbocycles. The molecule has 1 fully saturated rings. The summed E-state index contributed by atoms with van der Waals surface area (Å²) in [6, 6.07) is 1.94. The monoisotopic (exact) mass is 669 g/mol. The summed E-state index contributed by atoms with van der Waals surface area (Å²) in [6.07, 6.45) is 8.02. The van der Waals surface area contributed by atoms with Crippen LogP contribution in [-0.2, 0) is 20.5 Å². The molecule has 45 heavy (non-hydrogen) atoms. The highest BCUT2D eigenvalue weighted by Crippen LogP contribution is 2.35. The van der Waals surface area contributed by atoms with Gasteiger partial charge in [-0.05, 0) is 31.9 Å². The molecular weight excluding hydrogens is 639 g/mol. The molecule has 242 valence electrons. The quantitative estimate of drug-likeness (QED) is 0.0710. The van der Waals surface area contributed by atoms with E-state index in [2.05, 4.69) is 34.7 Å². The fourth-order valence-electron chi connectivity index (χ4n) is 4.28. The van der Waals surface area contributed by atoms with E-state index in [1.165, 1.54) is 27.6 Å². The Hall–Kier alpha value is -3.93. The van der Waals surface area contributed by atoms with E-state index in [1.807, 2.05) is 0 Å². The van der Waals surface area contributed by atoms with Crippen molar-refractivity contribution >= 4 is 37.7 Å². The van der Waals surface area contributed by atoms with E-state index < -0.39 is 39.2 Å². The first-order valence-electron chi connectivity index (χ1n) is 13.6. The van der Waals surface area contributed by atoms with Crippen molar-refractivity contribution in [3.05, 3.63) is 53.6 Å². The highest BCUT2D eigenvalue weighted by Gasteiger charge is 2.24. The third kappa shape index (κ3) is 9.53. The number of pyridine rings is 1. The van der Waals surface area contributed by atoms with Crippen LogP contribution in [0.15, 0.2) is 36.1 Å². The molecule has 4 aromatic heterocycles. The number of carbonyl (C=O) groups is 2. The van der Waals surface area contributed by atoms with Crippen molar-refractivity contribution in [3.8, 4) is 22.0 Å². The topological polar surface area (TPSA) is 196 Å². The number of carbonyl (C=O) groups excluding carboxylic acids is 1. The predicted molar refractivity (Wildman–Crippen MR) is 157 cm³/mol. The van der Waals surface area contributed by atoms with Crippen molar-refractivity contribution in [1.29, 1.82) is 0 Å². The molecule has 1 aliphatic rings. The second-order valence-electron chi connectivity index (χ2n) is 9.36. The minimum absolute atomic E-state index is 0.0185. The summed E-state index contributed by atoms with van der Waals surface area (Å²) in [5, 5.41) is 29.3. The lowest BCUT2D eigenvalue weighted by molar-refractivity contribution is 0.0139. The van der Waals surface area contributed by atoms with Gasteiger partial charge in [0.15, 0.2) is 5.82 Å². The summed E-state index contributed by atoms with van der Waals surface area (Å²) < 4.78 is 45.4. The summed E-state index contributed by atoms with van der Waals surface area (Å²) in [5.41, 5.74) is 0.522. The van der Waals surface area contributed by atoms with Gasteiger partial charge in [-0.3, -0.25) is 18.5 Å². The summed E-state index contributed by atoms with van der Waals surface area (Å²) in [4.78, 5) is 41.1. The fourth-order valence-corrected chi connectivity index (χ4v) is 5.49. The van der Waals surface area contributed by atoms with Crippen molar-refractivity contribution in [2.75, 3.05) is 18.7 Å². The van der Waals surface area contributed by atoms with Crippen LogP contribution >= 0.6 is 19.9 Å². The molecule has 15 nitrogen and oxygen atoms in total. The largest absolute Gasteiger partial charge is 0.507 e. The van der Waals surface area contributed by atoms with Crippen LogP contribution < -0.4 is 5.32 Å². The molecule has 1 saturated carbocycles. The first-order chi connectivity index (χ1) is 21.7. The predicted octanol–water partition coefficient (Wildman–Crippen LogP) is 5.16. The van der Waals surface area contributed by atoms with Crippen LogP contribution in [0, 0.1) is 11.8 Å². The number of thiazole rings is 1. The van der Waals surface area contributed by atoms with E-state index in [1.54, 1.807) is 24.0 Å². The van der Waals surface area contributed by atoms with Gasteiger partial charge in [0.2, 0.25) is 12.7 Å². The molecule has 0 aromatic carbocycles. The molecule has 1 unspecified atom stereocenters. The minimum Gasteiger partial charge on any atom is -0.450 e. The maximum Gasteiger partial charge on any atom is 0.507 e. The smallest absolute Gasteiger partial charge is 0.450 e. The highest BCUT2D eigenvalue weighted by atomic mass is 32.1. The van der Waals surface area contributed by atoms with Gasteiger partial charge >= 0.3 is 14.8 Å². The highest BCUT2D eigenvalue weighted by molar-refractivity contribution is 7.40. The van der Waals surface area contributed by atoms with Gasteiger partial charge in [0.05, 0.1) is 17.9 Å². The van der Waals surface area contributed by atoms with Crippen molar-refractivity contribution in [1.82, 2.24) is 29.5 Å². The number of aliphatic hydroxyl groups excluding tert-OH is 1. The van der Waals surface area contributed by atoms with E-state index in [0.29, 0.717) is 10.6 Å². The Kier molecular flexibility index (Phi) is 12.4. The average molecular weight is 670 g/mol. The van der Waals surface area contributed by atoms with Crippen LogP contribution in [-0.4, -0.2) is 70.1 Å². The number of amides is 1. The Bertz CT molecular complexity index is 1580. The van der Waals surface area contributed by atoms with Crippen molar-refractivity contribution in [3.63, 3.8) is 0 Å². The lowest BCUT2D eigenvalue weighted by Crippen LogP contribution is -2.14. The molecule has 4 N–H and O–H groups in total. The average Bonchev–Trinajstić information content (AvgIpc) is 3.78. The zero-order valence-corrected chi connectivity index (χ0v) is 25.6. The molecule has 0 radical (unpaired) electrons. The Balaban J connectivity index is 0.00000148. The number of halogens is 2. The molecule has 0 aliphatic heterocycles. The molecule has 5 rings (SSSR count). The van der Waals surface area contributed by atoms with Gasteiger partial charge in [0, 0.05) is 29.9 Å². The molecule has 1 atom stereocenters. The van der Waals surface area contributed by atoms with Gasteiger partial charge in [-0.25, -0.2) is 23.8 Å². The maximum absolute atomic E-state index is 14.7. The maximum atomic E-state index is 14.7. The third-order valence-electron chi connectivity index (χ3n) is 6.23. The number of carboxylic acid groups (broad SMARTS) is 1. The minimum atomic E-state index is -2.41. The van der Waals surface area contributed by atoms with Gasteiger partial charge in [-0.2, -0.15) is 14.6 Å². The van der Waals surface area contributed by atoms with E-state index in [9.17, 15) is 23.3 Å². The number of ether oxygens (including phenoxy) is 1. The molecule has 0 bridgehead atoms. The van der Waals surface area contributed by atoms with E-state index in [-0.39, 0.29) is 42.1 Å². The van der Waals surface area contributed by atoms with Gasteiger partial charge in [-0.15, -0.1) is 11.3 Å². The Labute approximate surface area is 260 Å². The zero-order valence-electron chi connectivity index (χ0n) is 23.9. The number of anilines is 1. The first kappa shape index (κ1) is 34.0. The standard InChI is InChI=1S/C24H24F2N7O7PS.C2H6O/c25-16-6-7-19(26)30-20(16)21-17(10-33(31-21)15-4-2-1-3-5-15)28-22(34)18-11-42-23(29-18)14-8-27-32(9-14)12-39-41(37)40-13-38-24(35)36;1-2-3/h6-11,15,37H,1-5,12-13H2,(H,28,34)(H,35,36);3H,2H2,1H3. The summed E-state index contributed by atoms with van der Waals surface area (Å²) in [6.45, 7) is 1.02. The summed E-state index contributed by atoms with van der Waals surface area (Å²) >= 11 is 1.17. The fraction of sp³-hybridized carbons (Fsp3) is 0.385.